The van der Waals surface area contributed by atoms with Crippen molar-refractivity contribution in [2.45, 2.75) is 63.7 Å². The Morgan fingerprint density at radius 3 is 2.28 bits per heavy atom. The fraction of sp³-hybridized carbons (Fsp3) is 0.917. The third kappa shape index (κ3) is 2.73. The Kier molecular flexibility index (Phi) is 3.50. The van der Waals surface area contributed by atoms with Crippen molar-refractivity contribution in [1.82, 2.24) is 0 Å². The summed E-state index contributed by atoms with van der Waals surface area (Å²) < 4.78 is 22.1. The fourth-order valence-electron chi connectivity index (χ4n) is 2.28. The number of aliphatic hydroxyl groups excluding tert-OH is 1. The van der Waals surface area contributed by atoms with E-state index in [4.69, 9.17) is 18.9 Å². The lowest BCUT2D eigenvalue weighted by Crippen LogP contribution is -2.56. The maximum Gasteiger partial charge on any atom is 0.164 e. The van der Waals surface area contributed by atoms with E-state index in [0.717, 1.165) is 0 Å². The molecule has 0 radical (unpaired) electrons. The predicted molar refractivity (Wildman–Crippen MR) is 60.8 cm³/mol. The molecule has 2 aliphatic rings. The van der Waals surface area contributed by atoms with Crippen molar-refractivity contribution >= 4 is 6.29 Å². The van der Waals surface area contributed by atoms with E-state index < -0.39 is 36.0 Å². The average molecular weight is 260 g/mol. The van der Waals surface area contributed by atoms with Crippen LogP contribution in [0.4, 0.5) is 0 Å². The van der Waals surface area contributed by atoms with Crippen LogP contribution in [0.2, 0.25) is 0 Å². The molecule has 2 heterocycles. The number of hydrogen-bond acceptors (Lipinski definition) is 6. The molecule has 104 valence electrons. The predicted octanol–water partition coefficient (Wildman–Crippen LogP) is 0.218. The zero-order valence-electron chi connectivity index (χ0n) is 11.1. The van der Waals surface area contributed by atoms with Gasteiger partial charge in [-0.15, -0.1) is 0 Å². The van der Waals surface area contributed by atoms with Gasteiger partial charge in [0.2, 0.25) is 0 Å². The van der Waals surface area contributed by atoms with Crippen LogP contribution in [0, 0.1) is 0 Å². The molecule has 0 unspecified atom stereocenters. The van der Waals surface area contributed by atoms with Crippen molar-refractivity contribution < 1.29 is 28.8 Å². The Bertz CT molecular complexity index is 327. The lowest BCUT2D eigenvalue weighted by molar-refractivity contribution is -0.322. The highest BCUT2D eigenvalue weighted by Crippen LogP contribution is 2.34. The van der Waals surface area contributed by atoms with Crippen LogP contribution in [0.3, 0.4) is 0 Å². The second-order valence-corrected chi connectivity index (χ2v) is 5.56. The molecule has 0 aromatic rings. The zero-order valence-corrected chi connectivity index (χ0v) is 11.1. The van der Waals surface area contributed by atoms with Gasteiger partial charge in [0.25, 0.3) is 0 Å². The molecule has 0 aliphatic carbocycles. The molecule has 2 saturated heterocycles. The van der Waals surface area contributed by atoms with Gasteiger partial charge < -0.3 is 28.8 Å². The van der Waals surface area contributed by atoms with Gasteiger partial charge >= 0.3 is 0 Å². The van der Waals surface area contributed by atoms with Crippen molar-refractivity contribution in [2.24, 2.45) is 0 Å². The summed E-state index contributed by atoms with van der Waals surface area (Å²) in [5, 5.41) is 9.94. The Labute approximate surface area is 106 Å². The molecule has 6 heteroatoms. The topological polar surface area (TPSA) is 74.2 Å². The summed E-state index contributed by atoms with van der Waals surface area (Å²) in [7, 11) is 0. The van der Waals surface area contributed by atoms with Crippen LogP contribution < -0.4 is 0 Å². The highest BCUT2D eigenvalue weighted by atomic mass is 16.8. The van der Waals surface area contributed by atoms with Crippen molar-refractivity contribution in [2.75, 3.05) is 6.61 Å². The van der Waals surface area contributed by atoms with Crippen LogP contribution >= 0.6 is 0 Å². The monoisotopic (exact) mass is 260 g/mol. The minimum atomic E-state index is -0.859. The quantitative estimate of drug-likeness (QED) is 0.716. The summed E-state index contributed by atoms with van der Waals surface area (Å²) in [6, 6.07) is 0. The number of aliphatic hydroxyl groups is 1. The van der Waals surface area contributed by atoms with E-state index in [1.807, 2.05) is 0 Å². The molecule has 0 bridgehead atoms. The molecule has 0 spiro atoms. The molecule has 2 rings (SSSR count). The first-order chi connectivity index (χ1) is 8.24. The smallest absolute Gasteiger partial charge is 0.164 e. The maximum absolute atomic E-state index is 11.0. The highest BCUT2D eigenvalue weighted by molar-refractivity contribution is 5.58. The molecule has 0 aromatic heterocycles. The zero-order chi connectivity index (χ0) is 13.6. The number of carbonyl (C=O) groups is 1. The van der Waals surface area contributed by atoms with Gasteiger partial charge in [-0.25, -0.2) is 0 Å². The molecule has 4 atom stereocenters. The van der Waals surface area contributed by atoms with E-state index in [2.05, 4.69) is 0 Å². The van der Waals surface area contributed by atoms with Gasteiger partial charge in [-0.1, -0.05) is 0 Å². The largest absolute Gasteiger partial charge is 0.388 e. The van der Waals surface area contributed by atoms with Crippen LogP contribution in [0.1, 0.15) is 27.7 Å². The maximum atomic E-state index is 11.0. The summed E-state index contributed by atoms with van der Waals surface area (Å²) >= 11 is 0. The van der Waals surface area contributed by atoms with Gasteiger partial charge in [0.1, 0.15) is 24.4 Å². The molecule has 0 saturated carbocycles. The molecule has 2 fully saturated rings. The first kappa shape index (κ1) is 13.9. The molecule has 18 heavy (non-hydrogen) atoms. The normalized spacial score (nSPS) is 42.7. The van der Waals surface area contributed by atoms with E-state index in [1.165, 1.54) is 0 Å². The lowest BCUT2D eigenvalue weighted by atomic mass is 10.0. The third-order valence-corrected chi connectivity index (χ3v) is 3.02. The second kappa shape index (κ2) is 4.54. The Balaban J connectivity index is 2.16. The van der Waals surface area contributed by atoms with E-state index in [-0.39, 0.29) is 6.61 Å². The van der Waals surface area contributed by atoms with Gasteiger partial charge in [0, 0.05) is 0 Å². The Hall–Kier alpha value is -0.530. The van der Waals surface area contributed by atoms with Gasteiger partial charge in [0.15, 0.2) is 17.9 Å². The van der Waals surface area contributed by atoms with Crippen molar-refractivity contribution in [3.8, 4) is 0 Å². The lowest BCUT2D eigenvalue weighted by Gasteiger charge is -2.41. The van der Waals surface area contributed by atoms with Crippen LogP contribution in [0.5, 0.6) is 0 Å². The summed E-state index contributed by atoms with van der Waals surface area (Å²) in [5.41, 5.74) is 0. The molecular formula is C12H20O6. The van der Waals surface area contributed by atoms with Crippen LogP contribution in [0.25, 0.3) is 0 Å². The number of hydrogen-bond donors (Lipinski definition) is 1. The summed E-state index contributed by atoms with van der Waals surface area (Å²) in [4.78, 5) is 11.0. The first-order valence-corrected chi connectivity index (χ1v) is 6.05. The SMILES string of the molecule is CC1(C)OC[C@@H](O)[C@H]([C@@H]2OC(C)(C)O[C@@H]2C=O)O1. The number of aldehydes is 1. The van der Waals surface area contributed by atoms with E-state index >= 15 is 0 Å². The second-order valence-electron chi connectivity index (χ2n) is 5.56. The van der Waals surface area contributed by atoms with E-state index in [1.54, 1.807) is 27.7 Å². The minimum absolute atomic E-state index is 0.142. The fourth-order valence-corrected chi connectivity index (χ4v) is 2.28. The Morgan fingerprint density at radius 1 is 1.06 bits per heavy atom. The number of carbonyl (C=O) groups excluding carboxylic acids is 1. The molecule has 6 nitrogen and oxygen atoms in total. The molecular weight excluding hydrogens is 240 g/mol. The first-order valence-electron chi connectivity index (χ1n) is 6.05. The van der Waals surface area contributed by atoms with Gasteiger partial charge in [-0.2, -0.15) is 0 Å². The van der Waals surface area contributed by atoms with Gasteiger partial charge in [-0.05, 0) is 27.7 Å². The van der Waals surface area contributed by atoms with Gasteiger partial charge in [0.05, 0.1) is 6.61 Å². The average Bonchev–Trinajstić information content (AvgIpc) is 2.57. The van der Waals surface area contributed by atoms with Crippen LogP contribution in [-0.2, 0) is 23.7 Å². The summed E-state index contributed by atoms with van der Waals surface area (Å²) in [6.07, 6.45) is -2.18. The summed E-state index contributed by atoms with van der Waals surface area (Å²) in [5.74, 6) is -1.67. The van der Waals surface area contributed by atoms with Crippen LogP contribution in [-0.4, -0.2) is 54.0 Å². The Morgan fingerprint density at radius 2 is 1.67 bits per heavy atom. The minimum Gasteiger partial charge on any atom is -0.388 e. The highest BCUT2D eigenvalue weighted by Gasteiger charge is 2.51. The standard InChI is InChI=1S/C12H20O6/c1-11(2)15-6-7(14)9(17-11)10-8(5-13)16-12(3,4)18-10/h5,7-10,14H,6H2,1-4H3/t7-,8-,9-,10-/m1/s1. The number of ether oxygens (including phenoxy) is 4. The molecule has 0 aromatic carbocycles. The van der Waals surface area contributed by atoms with Gasteiger partial charge in [-0.3, -0.25) is 0 Å². The van der Waals surface area contributed by atoms with E-state index in [0.29, 0.717) is 6.29 Å². The third-order valence-electron chi connectivity index (χ3n) is 3.02. The molecule has 0 amide bonds. The van der Waals surface area contributed by atoms with Crippen molar-refractivity contribution in [3.63, 3.8) is 0 Å². The summed E-state index contributed by atoms with van der Waals surface area (Å²) in [6.45, 7) is 7.09. The molecule has 1 N–H and O–H groups in total. The van der Waals surface area contributed by atoms with Crippen molar-refractivity contribution in [1.29, 1.82) is 0 Å². The molecule has 2 aliphatic heterocycles. The number of rotatable bonds is 2. The van der Waals surface area contributed by atoms with Crippen LogP contribution in [0.15, 0.2) is 0 Å². The van der Waals surface area contributed by atoms with Crippen molar-refractivity contribution in [3.05, 3.63) is 0 Å². The van der Waals surface area contributed by atoms with E-state index in [9.17, 15) is 9.90 Å².